The van der Waals surface area contributed by atoms with Crippen LogP contribution in [0.4, 0.5) is 0 Å². The molecule has 0 saturated carbocycles. The highest BCUT2D eigenvalue weighted by atomic mass is 16.1. The fourth-order valence-corrected chi connectivity index (χ4v) is 1.34. The van der Waals surface area contributed by atoms with Gasteiger partial charge in [-0.1, -0.05) is 0 Å². The fraction of sp³-hybridized carbons (Fsp3) is 0.857. The van der Waals surface area contributed by atoms with Gasteiger partial charge in [-0.3, -0.25) is 4.48 Å². The van der Waals surface area contributed by atoms with Crippen molar-refractivity contribution in [3.05, 3.63) is 0 Å². The van der Waals surface area contributed by atoms with E-state index in [0.717, 1.165) is 19.5 Å². The molecule has 0 aromatic heterocycles. The molecule has 1 amide bonds. The van der Waals surface area contributed by atoms with Crippen LogP contribution < -0.4 is 0 Å². The number of carbonyl (C=O) groups excluding carboxylic acids is 1. The molecule has 9 heavy (non-hydrogen) atoms. The first-order chi connectivity index (χ1) is 4.27. The first-order valence-corrected chi connectivity index (χ1v) is 3.57. The smallest absolute Gasteiger partial charge is 0.266 e. The third-order valence-corrected chi connectivity index (χ3v) is 2.09. The van der Waals surface area contributed by atoms with Crippen LogP contribution in [0.15, 0.2) is 0 Å². The standard InChI is InChI=1S/C7H14NO/c1-8(7-9)5-3-2-4-6-8/h7H,2-6H2,1H3/q+1. The Labute approximate surface area is 56.1 Å². The summed E-state index contributed by atoms with van der Waals surface area (Å²) in [5.74, 6) is 0. The van der Waals surface area contributed by atoms with Crippen molar-refractivity contribution in [1.29, 1.82) is 0 Å². The number of hydrogen-bond acceptors (Lipinski definition) is 1. The van der Waals surface area contributed by atoms with Gasteiger partial charge >= 0.3 is 6.41 Å². The van der Waals surface area contributed by atoms with E-state index >= 15 is 0 Å². The van der Waals surface area contributed by atoms with Crippen LogP contribution in [0.3, 0.4) is 0 Å². The maximum absolute atomic E-state index is 10.5. The Morgan fingerprint density at radius 1 is 1.22 bits per heavy atom. The molecule has 0 unspecified atom stereocenters. The summed E-state index contributed by atoms with van der Waals surface area (Å²) >= 11 is 0. The van der Waals surface area contributed by atoms with E-state index in [0.29, 0.717) is 4.48 Å². The lowest BCUT2D eigenvalue weighted by atomic mass is 10.1. The van der Waals surface area contributed by atoms with E-state index in [1.54, 1.807) is 0 Å². The molecule has 0 bridgehead atoms. The van der Waals surface area contributed by atoms with E-state index in [-0.39, 0.29) is 0 Å². The summed E-state index contributed by atoms with van der Waals surface area (Å²) < 4.78 is 0.639. The van der Waals surface area contributed by atoms with E-state index in [4.69, 9.17) is 0 Å². The second-order valence-electron chi connectivity index (χ2n) is 3.09. The molecule has 1 saturated heterocycles. The highest BCUT2D eigenvalue weighted by Gasteiger charge is 2.23. The zero-order chi connectivity index (χ0) is 6.74. The molecular formula is C7H14NO+. The minimum Gasteiger partial charge on any atom is -0.266 e. The molecule has 52 valence electrons. The van der Waals surface area contributed by atoms with Gasteiger partial charge in [0.25, 0.3) is 0 Å². The summed E-state index contributed by atoms with van der Waals surface area (Å²) in [6.45, 7) is 2.09. The van der Waals surface area contributed by atoms with Crippen LogP contribution in [0.2, 0.25) is 0 Å². The Balaban J connectivity index is 2.46. The molecule has 0 radical (unpaired) electrons. The molecule has 1 aliphatic heterocycles. The second kappa shape index (κ2) is 2.48. The SMILES string of the molecule is C[N+]1(C=O)CCCCC1. The van der Waals surface area contributed by atoms with Crippen LogP contribution in [0, 0.1) is 0 Å². The topological polar surface area (TPSA) is 17.1 Å². The minimum absolute atomic E-state index is 0.639. The van der Waals surface area contributed by atoms with Gasteiger partial charge in [-0.15, -0.1) is 0 Å². The van der Waals surface area contributed by atoms with Crippen molar-refractivity contribution in [1.82, 2.24) is 0 Å². The average molecular weight is 128 g/mol. The zero-order valence-electron chi connectivity index (χ0n) is 5.97. The average Bonchev–Trinajstić information content (AvgIpc) is 1.90. The Bertz CT molecular complexity index is 105. The molecule has 0 atom stereocenters. The highest BCUT2D eigenvalue weighted by molar-refractivity contribution is 5.37. The quantitative estimate of drug-likeness (QED) is 0.376. The number of likely N-dealkylation sites (tertiary alicyclic amines) is 1. The largest absolute Gasteiger partial charge is 0.301 e. The van der Waals surface area contributed by atoms with Crippen LogP contribution in [0.25, 0.3) is 0 Å². The summed E-state index contributed by atoms with van der Waals surface area (Å²) in [4.78, 5) is 10.5. The molecule has 1 aliphatic rings. The Morgan fingerprint density at radius 2 is 1.78 bits per heavy atom. The lowest BCUT2D eigenvalue weighted by Crippen LogP contribution is -2.46. The second-order valence-corrected chi connectivity index (χ2v) is 3.09. The number of quaternary nitrogens is 1. The van der Waals surface area contributed by atoms with Crippen molar-refractivity contribution in [2.75, 3.05) is 20.1 Å². The maximum atomic E-state index is 10.5. The summed E-state index contributed by atoms with van der Waals surface area (Å²) in [6, 6.07) is 0. The first kappa shape index (κ1) is 6.75. The normalized spacial score (nSPS) is 25.4. The van der Waals surface area contributed by atoms with E-state index in [1.807, 2.05) is 7.05 Å². The van der Waals surface area contributed by atoms with E-state index in [9.17, 15) is 4.79 Å². The molecule has 0 spiro atoms. The van der Waals surface area contributed by atoms with Crippen molar-refractivity contribution in [3.8, 4) is 0 Å². The molecule has 1 fully saturated rings. The van der Waals surface area contributed by atoms with Gasteiger partial charge in [0.1, 0.15) is 0 Å². The molecule has 0 aromatic rings. The first-order valence-electron chi connectivity index (χ1n) is 3.57. The Morgan fingerprint density at radius 3 is 2.11 bits per heavy atom. The van der Waals surface area contributed by atoms with Crippen molar-refractivity contribution < 1.29 is 9.28 Å². The number of piperidine rings is 1. The van der Waals surface area contributed by atoms with Crippen molar-refractivity contribution in [3.63, 3.8) is 0 Å². The molecular weight excluding hydrogens is 114 g/mol. The maximum Gasteiger partial charge on any atom is 0.301 e. The molecule has 1 heterocycles. The minimum atomic E-state index is 0.639. The van der Waals surface area contributed by atoms with Gasteiger partial charge in [-0.05, 0) is 19.3 Å². The number of hydrogen-bond donors (Lipinski definition) is 0. The van der Waals surface area contributed by atoms with Crippen LogP contribution in [0.5, 0.6) is 0 Å². The van der Waals surface area contributed by atoms with Crippen molar-refractivity contribution >= 4 is 6.41 Å². The van der Waals surface area contributed by atoms with Crippen LogP contribution in [-0.4, -0.2) is 31.0 Å². The monoisotopic (exact) mass is 128 g/mol. The molecule has 2 nitrogen and oxygen atoms in total. The van der Waals surface area contributed by atoms with Gasteiger partial charge in [0.05, 0.1) is 20.1 Å². The number of nitrogens with zero attached hydrogens (tertiary/aromatic N) is 1. The summed E-state index contributed by atoms with van der Waals surface area (Å²) in [5, 5.41) is 0. The summed E-state index contributed by atoms with van der Waals surface area (Å²) in [6.07, 6.45) is 4.81. The predicted octanol–water partition coefficient (Wildman–Crippen LogP) is 0.773. The molecule has 0 N–H and O–H groups in total. The molecule has 0 aromatic carbocycles. The molecule has 1 rings (SSSR count). The predicted molar refractivity (Wildman–Crippen MR) is 35.8 cm³/mol. The van der Waals surface area contributed by atoms with Gasteiger partial charge in [-0.25, -0.2) is 4.79 Å². The number of carbonyl (C=O) groups is 1. The Kier molecular flexibility index (Phi) is 1.86. The Hall–Kier alpha value is -0.370. The van der Waals surface area contributed by atoms with Gasteiger partial charge in [-0.2, -0.15) is 0 Å². The van der Waals surface area contributed by atoms with Gasteiger partial charge < -0.3 is 0 Å². The van der Waals surface area contributed by atoms with Gasteiger partial charge in [0, 0.05) is 0 Å². The lowest BCUT2D eigenvalue weighted by molar-refractivity contribution is -0.830. The van der Waals surface area contributed by atoms with Gasteiger partial charge in [0.2, 0.25) is 0 Å². The van der Waals surface area contributed by atoms with Gasteiger partial charge in [0.15, 0.2) is 0 Å². The number of amides is 1. The summed E-state index contributed by atoms with van der Waals surface area (Å²) in [5.41, 5.74) is 0. The van der Waals surface area contributed by atoms with Crippen molar-refractivity contribution in [2.24, 2.45) is 0 Å². The lowest BCUT2D eigenvalue weighted by Gasteiger charge is -2.30. The third kappa shape index (κ3) is 1.52. The van der Waals surface area contributed by atoms with Crippen LogP contribution in [-0.2, 0) is 4.79 Å². The van der Waals surface area contributed by atoms with Crippen molar-refractivity contribution in [2.45, 2.75) is 19.3 Å². The van der Waals surface area contributed by atoms with Crippen LogP contribution >= 0.6 is 0 Å². The molecule has 2 heteroatoms. The highest BCUT2D eigenvalue weighted by Crippen LogP contribution is 2.12. The van der Waals surface area contributed by atoms with E-state index in [2.05, 4.69) is 0 Å². The van der Waals surface area contributed by atoms with E-state index < -0.39 is 0 Å². The number of rotatable bonds is 1. The zero-order valence-corrected chi connectivity index (χ0v) is 5.97. The van der Waals surface area contributed by atoms with Crippen LogP contribution in [0.1, 0.15) is 19.3 Å². The molecule has 0 aliphatic carbocycles. The summed E-state index contributed by atoms with van der Waals surface area (Å²) in [7, 11) is 2.01. The third-order valence-electron chi connectivity index (χ3n) is 2.09. The van der Waals surface area contributed by atoms with E-state index in [1.165, 1.54) is 19.3 Å². The fourth-order valence-electron chi connectivity index (χ4n) is 1.34.